The van der Waals surface area contributed by atoms with Gasteiger partial charge >= 0.3 is 0 Å². The average Bonchev–Trinajstić information content (AvgIpc) is 2.36. The molecule has 0 N–H and O–H groups in total. The van der Waals surface area contributed by atoms with E-state index >= 15 is 0 Å². The summed E-state index contributed by atoms with van der Waals surface area (Å²) in [5.74, 6) is 1.19. The van der Waals surface area contributed by atoms with Crippen molar-refractivity contribution in [3.05, 3.63) is 28.8 Å². The Morgan fingerprint density at radius 2 is 2.16 bits per heavy atom. The predicted octanol–water partition coefficient (Wildman–Crippen LogP) is 3.74. The van der Waals surface area contributed by atoms with Gasteiger partial charge in [0.2, 0.25) is 0 Å². The standard InChI is InChI=1S/C15H19ClO3/c1-3-19-12-6-10(7-12)8-14(17)11-4-5-15(18-2)13(16)9-11/h4-5,9-10,12H,3,6-8H2,1-2H3. The number of ketones is 1. The molecule has 4 heteroatoms. The highest BCUT2D eigenvalue weighted by atomic mass is 35.5. The lowest BCUT2D eigenvalue weighted by Crippen LogP contribution is -2.32. The smallest absolute Gasteiger partial charge is 0.163 e. The van der Waals surface area contributed by atoms with Crippen LogP contribution in [0, 0.1) is 5.92 Å². The molecule has 1 aromatic carbocycles. The zero-order chi connectivity index (χ0) is 13.8. The lowest BCUT2D eigenvalue weighted by Gasteiger charge is -2.34. The molecule has 0 unspecified atom stereocenters. The topological polar surface area (TPSA) is 35.5 Å². The average molecular weight is 283 g/mol. The number of carbonyl (C=O) groups is 1. The first kappa shape index (κ1) is 14.4. The summed E-state index contributed by atoms with van der Waals surface area (Å²) < 4.78 is 10.6. The molecule has 0 aromatic heterocycles. The van der Waals surface area contributed by atoms with Crippen molar-refractivity contribution >= 4 is 17.4 Å². The third-order valence-electron chi connectivity index (χ3n) is 3.54. The maximum Gasteiger partial charge on any atom is 0.163 e. The second-order valence-corrected chi connectivity index (χ2v) is 5.30. The summed E-state index contributed by atoms with van der Waals surface area (Å²) in [6.45, 7) is 2.75. The minimum absolute atomic E-state index is 0.143. The molecule has 0 saturated heterocycles. The predicted molar refractivity (Wildman–Crippen MR) is 75.1 cm³/mol. The van der Waals surface area contributed by atoms with Crippen LogP contribution in [0.25, 0.3) is 0 Å². The van der Waals surface area contributed by atoms with E-state index in [1.807, 2.05) is 6.92 Å². The molecule has 0 radical (unpaired) electrons. The van der Waals surface area contributed by atoms with E-state index in [0.29, 0.717) is 34.8 Å². The number of hydrogen-bond donors (Lipinski definition) is 0. The Bertz CT molecular complexity index is 453. The van der Waals surface area contributed by atoms with Crippen molar-refractivity contribution in [1.29, 1.82) is 0 Å². The molecule has 0 amide bonds. The first-order valence-electron chi connectivity index (χ1n) is 6.62. The van der Waals surface area contributed by atoms with Crippen molar-refractivity contribution in [3.63, 3.8) is 0 Å². The van der Waals surface area contributed by atoms with Crippen LogP contribution in [-0.2, 0) is 4.74 Å². The molecule has 0 aliphatic heterocycles. The number of ether oxygens (including phenoxy) is 2. The fourth-order valence-corrected chi connectivity index (χ4v) is 2.69. The van der Waals surface area contributed by atoms with Crippen molar-refractivity contribution in [3.8, 4) is 5.75 Å². The van der Waals surface area contributed by atoms with Crippen LogP contribution in [0.2, 0.25) is 5.02 Å². The van der Waals surface area contributed by atoms with Gasteiger partial charge in [-0.05, 0) is 43.9 Å². The van der Waals surface area contributed by atoms with Gasteiger partial charge in [-0.2, -0.15) is 0 Å². The highest BCUT2D eigenvalue weighted by Gasteiger charge is 2.31. The van der Waals surface area contributed by atoms with Crippen LogP contribution in [0.4, 0.5) is 0 Å². The summed E-state index contributed by atoms with van der Waals surface area (Å²) in [4.78, 5) is 12.1. The van der Waals surface area contributed by atoms with Crippen LogP contribution in [0.15, 0.2) is 18.2 Å². The fourth-order valence-electron chi connectivity index (χ4n) is 2.43. The molecule has 1 fully saturated rings. The van der Waals surface area contributed by atoms with Crippen LogP contribution < -0.4 is 4.74 Å². The van der Waals surface area contributed by atoms with Crippen molar-refractivity contribution in [2.75, 3.05) is 13.7 Å². The zero-order valence-corrected chi connectivity index (χ0v) is 12.1. The van der Waals surface area contributed by atoms with E-state index in [1.165, 1.54) is 0 Å². The maximum atomic E-state index is 12.1. The lowest BCUT2D eigenvalue weighted by molar-refractivity contribution is -0.0246. The second-order valence-electron chi connectivity index (χ2n) is 4.89. The third kappa shape index (κ3) is 3.48. The van der Waals surface area contributed by atoms with E-state index in [9.17, 15) is 4.79 Å². The minimum atomic E-state index is 0.143. The van der Waals surface area contributed by atoms with Gasteiger partial charge in [0.05, 0.1) is 18.2 Å². The molecule has 1 saturated carbocycles. The number of benzene rings is 1. The number of methoxy groups -OCH3 is 1. The van der Waals surface area contributed by atoms with Gasteiger partial charge in [-0.1, -0.05) is 11.6 Å². The largest absolute Gasteiger partial charge is 0.495 e. The molecule has 0 bridgehead atoms. The van der Waals surface area contributed by atoms with E-state index in [1.54, 1.807) is 25.3 Å². The molecule has 2 rings (SSSR count). The molecule has 0 heterocycles. The Hall–Kier alpha value is -1.06. The Kier molecular flexibility index (Phi) is 4.83. The Morgan fingerprint density at radius 1 is 1.42 bits per heavy atom. The van der Waals surface area contributed by atoms with E-state index in [-0.39, 0.29) is 5.78 Å². The summed E-state index contributed by atoms with van der Waals surface area (Å²) in [6.07, 6.45) is 2.90. The first-order valence-corrected chi connectivity index (χ1v) is 7.00. The molecular formula is C15H19ClO3. The lowest BCUT2D eigenvalue weighted by atomic mass is 9.78. The van der Waals surface area contributed by atoms with Gasteiger partial charge in [-0.3, -0.25) is 4.79 Å². The summed E-state index contributed by atoms with van der Waals surface area (Å²) in [5.41, 5.74) is 0.658. The molecule has 1 aliphatic carbocycles. The van der Waals surface area contributed by atoms with Gasteiger partial charge in [0.15, 0.2) is 5.78 Å². The second kappa shape index (κ2) is 6.40. The number of hydrogen-bond acceptors (Lipinski definition) is 3. The Morgan fingerprint density at radius 3 is 2.74 bits per heavy atom. The molecule has 0 spiro atoms. The molecule has 19 heavy (non-hydrogen) atoms. The molecule has 3 nitrogen and oxygen atoms in total. The van der Waals surface area contributed by atoms with Crippen LogP contribution in [0.3, 0.4) is 0 Å². The highest BCUT2D eigenvalue weighted by Crippen LogP contribution is 2.34. The molecule has 1 aromatic rings. The van der Waals surface area contributed by atoms with Gasteiger partial charge in [0, 0.05) is 18.6 Å². The summed E-state index contributed by atoms with van der Waals surface area (Å²) in [7, 11) is 1.56. The molecule has 1 aliphatic rings. The number of rotatable bonds is 6. The first-order chi connectivity index (χ1) is 9.13. The van der Waals surface area contributed by atoms with E-state index in [4.69, 9.17) is 21.1 Å². The summed E-state index contributed by atoms with van der Waals surface area (Å²) in [6, 6.07) is 5.19. The van der Waals surface area contributed by atoms with Gasteiger partial charge in [0.25, 0.3) is 0 Å². The maximum absolute atomic E-state index is 12.1. The van der Waals surface area contributed by atoms with Crippen molar-refractivity contribution in [1.82, 2.24) is 0 Å². The van der Waals surface area contributed by atoms with Gasteiger partial charge in [0.1, 0.15) is 5.75 Å². The van der Waals surface area contributed by atoms with Crippen LogP contribution in [0.5, 0.6) is 5.75 Å². The quantitative estimate of drug-likeness (QED) is 0.746. The Balaban J connectivity index is 1.89. The van der Waals surface area contributed by atoms with Gasteiger partial charge < -0.3 is 9.47 Å². The molecule has 104 valence electrons. The zero-order valence-electron chi connectivity index (χ0n) is 11.3. The van der Waals surface area contributed by atoms with E-state index in [0.717, 1.165) is 19.4 Å². The minimum Gasteiger partial charge on any atom is -0.495 e. The van der Waals surface area contributed by atoms with Crippen LogP contribution >= 0.6 is 11.6 Å². The molecular weight excluding hydrogens is 264 g/mol. The van der Waals surface area contributed by atoms with Crippen molar-refractivity contribution < 1.29 is 14.3 Å². The van der Waals surface area contributed by atoms with E-state index < -0.39 is 0 Å². The molecule has 0 atom stereocenters. The third-order valence-corrected chi connectivity index (χ3v) is 3.84. The van der Waals surface area contributed by atoms with Gasteiger partial charge in [-0.15, -0.1) is 0 Å². The number of halogens is 1. The highest BCUT2D eigenvalue weighted by molar-refractivity contribution is 6.32. The fraction of sp³-hybridized carbons (Fsp3) is 0.533. The number of carbonyl (C=O) groups excluding carboxylic acids is 1. The SMILES string of the molecule is CCOC1CC(CC(=O)c2ccc(OC)c(Cl)c2)C1. The van der Waals surface area contributed by atoms with Crippen LogP contribution in [-0.4, -0.2) is 25.6 Å². The summed E-state index contributed by atoms with van der Waals surface area (Å²) in [5, 5.41) is 0.481. The van der Waals surface area contributed by atoms with Crippen LogP contribution in [0.1, 0.15) is 36.5 Å². The van der Waals surface area contributed by atoms with E-state index in [2.05, 4.69) is 0 Å². The summed E-state index contributed by atoms with van der Waals surface area (Å²) >= 11 is 6.03. The monoisotopic (exact) mass is 282 g/mol. The Labute approximate surface area is 118 Å². The number of Topliss-reactive ketones (excluding diaryl/α,β-unsaturated/α-hetero) is 1. The van der Waals surface area contributed by atoms with Crippen molar-refractivity contribution in [2.24, 2.45) is 5.92 Å². The normalized spacial score (nSPS) is 21.8. The van der Waals surface area contributed by atoms with Gasteiger partial charge in [-0.25, -0.2) is 0 Å². The van der Waals surface area contributed by atoms with Crippen molar-refractivity contribution in [2.45, 2.75) is 32.3 Å².